The van der Waals surface area contributed by atoms with Gasteiger partial charge in [0, 0.05) is 28.7 Å². The number of fused-ring (bicyclic) bond motifs is 3. The first-order valence-electron chi connectivity index (χ1n) is 13.1. The molecule has 1 fully saturated rings. The summed E-state index contributed by atoms with van der Waals surface area (Å²) in [5.41, 5.74) is 2.94. The predicted octanol–water partition coefficient (Wildman–Crippen LogP) is 1.29. The fourth-order valence-corrected chi connectivity index (χ4v) is 7.28. The van der Waals surface area contributed by atoms with Gasteiger partial charge in [-0.2, -0.15) is 0 Å². The standard InChI is InChI=1S/C28H35N3O8/c1-30(2)21-15-10-12-9-14-19(17(32)11-13(24(14)39-4)16-7-5-6-8-31(16)3)22(33)18(12)25(35)28(15,38)26(36)20(23(21)34)27(29)37/h11-12,15-16,21,32,34-35,38H,5-10H2,1-4H3,(H2,29,37)/t12-,15-,16?,21-,28-/m0/s1. The molecule has 1 aromatic rings. The second-order valence-corrected chi connectivity index (χ2v) is 11.3. The van der Waals surface area contributed by atoms with Gasteiger partial charge in [-0.1, -0.05) is 6.42 Å². The van der Waals surface area contributed by atoms with Gasteiger partial charge in [-0.3, -0.25) is 24.2 Å². The Morgan fingerprint density at radius 3 is 2.49 bits per heavy atom. The molecular weight excluding hydrogens is 506 g/mol. The van der Waals surface area contributed by atoms with Crippen molar-refractivity contribution < 1.29 is 39.5 Å². The summed E-state index contributed by atoms with van der Waals surface area (Å²) >= 11 is 0. The summed E-state index contributed by atoms with van der Waals surface area (Å²) in [5, 5.41) is 45.1. The first kappa shape index (κ1) is 27.2. The number of likely N-dealkylation sites (N-methyl/N-ethyl adjacent to an activating group) is 1. The molecule has 1 saturated heterocycles. The van der Waals surface area contributed by atoms with Crippen LogP contribution in [0.15, 0.2) is 28.7 Å². The maximum atomic E-state index is 13.9. The number of nitrogens with two attached hydrogens (primary N) is 1. The zero-order valence-electron chi connectivity index (χ0n) is 22.5. The van der Waals surface area contributed by atoms with Crippen molar-refractivity contribution >= 4 is 17.5 Å². The zero-order valence-corrected chi connectivity index (χ0v) is 22.5. The number of nitrogens with zero attached hydrogens (tertiary/aromatic N) is 2. The van der Waals surface area contributed by atoms with Crippen LogP contribution in [0.3, 0.4) is 0 Å². The van der Waals surface area contributed by atoms with E-state index in [1.165, 1.54) is 18.1 Å². The largest absolute Gasteiger partial charge is 0.510 e. The van der Waals surface area contributed by atoms with E-state index in [-0.39, 0.29) is 35.8 Å². The van der Waals surface area contributed by atoms with Crippen LogP contribution in [0.4, 0.5) is 0 Å². The highest BCUT2D eigenvalue weighted by molar-refractivity contribution is 6.24. The number of Topliss-reactive ketones (excluding diaryl/α,β-unsaturated/α-hetero) is 2. The third kappa shape index (κ3) is 3.70. The van der Waals surface area contributed by atoms with E-state index in [1.807, 2.05) is 7.05 Å². The summed E-state index contributed by atoms with van der Waals surface area (Å²) in [6, 6.07) is 0.484. The van der Waals surface area contributed by atoms with Crippen LogP contribution in [-0.4, -0.2) is 94.1 Å². The number of aliphatic hydroxyl groups excluding tert-OH is 2. The number of primary amides is 1. The number of carbonyl (C=O) groups is 3. The fourth-order valence-electron chi connectivity index (χ4n) is 7.28. The summed E-state index contributed by atoms with van der Waals surface area (Å²) in [7, 11) is 6.72. The Kier molecular flexibility index (Phi) is 6.52. The Balaban J connectivity index is 1.69. The van der Waals surface area contributed by atoms with E-state index in [2.05, 4.69) is 4.90 Å². The molecule has 0 radical (unpaired) electrons. The van der Waals surface area contributed by atoms with Crippen LogP contribution < -0.4 is 10.5 Å². The summed E-state index contributed by atoms with van der Waals surface area (Å²) in [6.07, 6.45) is 3.17. The lowest BCUT2D eigenvalue weighted by Crippen LogP contribution is -2.63. The molecule has 1 unspecified atom stereocenters. The number of hydrogen-bond acceptors (Lipinski definition) is 10. The zero-order chi connectivity index (χ0) is 28.5. The molecule has 0 aromatic heterocycles. The molecule has 210 valence electrons. The van der Waals surface area contributed by atoms with Crippen LogP contribution in [0.5, 0.6) is 11.5 Å². The molecule has 3 aliphatic carbocycles. The van der Waals surface area contributed by atoms with Crippen molar-refractivity contribution in [3.05, 3.63) is 45.4 Å². The van der Waals surface area contributed by atoms with Gasteiger partial charge in [0.15, 0.2) is 11.4 Å². The Hall–Kier alpha value is -3.41. The molecule has 1 heterocycles. The topological polar surface area (TPSA) is 174 Å². The summed E-state index contributed by atoms with van der Waals surface area (Å²) in [5.74, 6) is -6.20. The van der Waals surface area contributed by atoms with Gasteiger partial charge in [-0.15, -0.1) is 0 Å². The number of likely N-dealkylation sites (tertiary alicyclic amines) is 1. The molecule has 11 nitrogen and oxygen atoms in total. The number of aliphatic hydroxyl groups is 3. The monoisotopic (exact) mass is 541 g/mol. The van der Waals surface area contributed by atoms with E-state index < -0.39 is 58.0 Å². The van der Waals surface area contributed by atoms with Crippen molar-refractivity contribution in [2.45, 2.75) is 49.8 Å². The minimum absolute atomic E-state index is 0.00909. The van der Waals surface area contributed by atoms with E-state index >= 15 is 0 Å². The highest BCUT2D eigenvalue weighted by atomic mass is 16.5. The number of methoxy groups -OCH3 is 1. The number of allylic oxidation sites excluding steroid dienone is 1. The van der Waals surface area contributed by atoms with Crippen molar-refractivity contribution in [1.82, 2.24) is 9.80 Å². The number of piperidine rings is 1. The molecule has 1 amide bonds. The Morgan fingerprint density at radius 1 is 1.21 bits per heavy atom. The second-order valence-electron chi connectivity index (χ2n) is 11.3. The smallest absolute Gasteiger partial charge is 0.255 e. The molecule has 39 heavy (non-hydrogen) atoms. The van der Waals surface area contributed by atoms with Crippen molar-refractivity contribution in [2.24, 2.45) is 17.6 Å². The van der Waals surface area contributed by atoms with Crippen LogP contribution >= 0.6 is 0 Å². The minimum Gasteiger partial charge on any atom is -0.510 e. The number of phenols is 1. The molecular formula is C28H35N3O8. The Labute approximate surface area is 226 Å². The number of aromatic hydroxyl groups is 1. The summed E-state index contributed by atoms with van der Waals surface area (Å²) in [6.45, 7) is 0.887. The molecule has 6 N–H and O–H groups in total. The van der Waals surface area contributed by atoms with Crippen LogP contribution in [-0.2, 0) is 16.0 Å². The summed E-state index contributed by atoms with van der Waals surface area (Å²) in [4.78, 5) is 43.1. The van der Waals surface area contributed by atoms with Crippen LogP contribution in [0.2, 0.25) is 0 Å². The van der Waals surface area contributed by atoms with Crippen molar-refractivity contribution in [2.75, 3.05) is 34.8 Å². The lowest BCUT2D eigenvalue weighted by molar-refractivity contribution is -0.148. The van der Waals surface area contributed by atoms with E-state index in [0.717, 1.165) is 31.4 Å². The molecule has 0 bridgehead atoms. The van der Waals surface area contributed by atoms with Gasteiger partial charge in [-0.25, -0.2) is 0 Å². The molecule has 5 rings (SSSR count). The average Bonchev–Trinajstić information content (AvgIpc) is 2.86. The van der Waals surface area contributed by atoms with Crippen LogP contribution in [0.25, 0.3) is 0 Å². The van der Waals surface area contributed by atoms with Gasteiger partial charge in [0.2, 0.25) is 5.78 Å². The molecule has 0 saturated carbocycles. The fraction of sp³-hybridized carbons (Fsp3) is 0.536. The Bertz CT molecular complexity index is 1350. The first-order chi connectivity index (χ1) is 18.4. The number of ether oxygens (including phenoxy) is 1. The summed E-state index contributed by atoms with van der Waals surface area (Å²) < 4.78 is 5.84. The maximum Gasteiger partial charge on any atom is 0.255 e. The number of carbonyl (C=O) groups excluding carboxylic acids is 3. The van der Waals surface area contributed by atoms with Gasteiger partial charge < -0.3 is 30.9 Å². The molecule has 0 spiro atoms. The van der Waals surface area contributed by atoms with Crippen molar-refractivity contribution in [3.8, 4) is 11.5 Å². The third-order valence-electron chi connectivity index (χ3n) is 9.04. The lowest BCUT2D eigenvalue weighted by Gasteiger charge is -2.50. The normalized spacial score (nSPS) is 31.2. The number of phenolic OH excluding ortho intramolecular Hbond substituents is 1. The Morgan fingerprint density at radius 2 is 1.90 bits per heavy atom. The molecule has 1 aromatic carbocycles. The lowest BCUT2D eigenvalue weighted by atomic mass is 9.58. The van der Waals surface area contributed by atoms with Gasteiger partial charge in [0.1, 0.15) is 28.6 Å². The number of ketones is 2. The van der Waals surface area contributed by atoms with Gasteiger partial charge in [-0.05, 0) is 65.4 Å². The van der Waals surface area contributed by atoms with Crippen LogP contribution in [0, 0.1) is 11.8 Å². The maximum absolute atomic E-state index is 13.9. The second kappa shape index (κ2) is 9.35. The van der Waals surface area contributed by atoms with E-state index in [1.54, 1.807) is 14.1 Å². The van der Waals surface area contributed by atoms with E-state index in [4.69, 9.17) is 10.5 Å². The van der Waals surface area contributed by atoms with E-state index in [9.17, 15) is 34.8 Å². The number of benzene rings is 1. The van der Waals surface area contributed by atoms with E-state index in [0.29, 0.717) is 11.3 Å². The van der Waals surface area contributed by atoms with Crippen molar-refractivity contribution in [3.63, 3.8) is 0 Å². The SMILES string of the molecule is COc1c(C2CCCCN2C)cc(O)c2c1C[C@H]1C[C@H]3[C@H](N(C)C)C(O)=C(C(N)=O)C(=O)[C@@]3(O)C(O)=C1C2=O. The third-order valence-corrected chi connectivity index (χ3v) is 9.04. The highest BCUT2D eigenvalue weighted by Crippen LogP contribution is 2.54. The van der Waals surface area contributed by atoms with Crippen LogP contribution in [0.1, 0.15) is 53.2 Å². The minimum atomic E-state index is -2.66. The molecule has 1 aliphatic heterocycles. The average molecular weight is 542 g/mol. The van der Waals surface area contributed by atoms with Crippen molar-refractivity contribution in [1.29, 1.82) is 0 Å². The van der Waals surface area contributed by atoms with Gasteiger partial charge in [0.05, 0.1) is 18.7 Å². The molecule has 11 heteroatoms. The highest BCUT2D eigenvalue weighted by Gasteiger charge is 2.63. The molecule has 5 atom stereocenters. The first-order valence-corrected chi connectivity index (χ1v) is 13.1. The number of amides is 1. The quantitative estimate of drug-likeness (QED) is 0.349. The number of hydrogen-bond donors (Lipinski definition) is 5. The molecule has 4 aliphatic rings. The number of rotatable bonds is 4. The van der Waals surface area contributed by atoms with Gasteiger partial charge >= 0.3 is 0 Å². The predicted molar refractivity (Wildman–Crippen MR) is 139 cm³/mol. The van der Waals surface area contributed by atoms with Gasteiger partial charge in [0.25, 0.3) is 5.91 Å².